The van der Waals surface area contributed by atoms with Crippen molar-refractivity contribution in [3.8, 4) is 0 Å². The maximum Gasteiger partial charge on any atom is 0.334 e. The molecule has 1 spiro atoms. The third-order valence-electron chi connectivity index (χ3n) is 7.21. The minimum atomic E-state index is -0.165. The zero-order valence-electron chi connectivity index (χ0n) is 11.6. The van der Waals surface area contributed by atoms with Crippen molar-refractivity contribution in [2.45, 2.75) is 57.3 Å². The van der Waals surface area contributed by atoms with Crippen LogP contribution in [0.2, 0.25) is 0 Å². The summed E-state index contributed by atoms with van der Waals surface area (Å²) in [7, 11) is 0. The van der Waals surface area contributed by atoms with E-state index in [0.29, 0.717) is 28.4 Å². The highest BCUT2D eigenvalue weighted by Crippen LogP contribution is 2.83. The highest BCUT2D eigenvalue weighted by molar-refractivity contribution is 5.91. The first-order chi connectivity index (χ1) is 8.91. The number of esters is 1. The Kier molecular flexibility index (Phi) is 1.52. The molecular weight excluding hydrogens is 240 g/mol. The predicted molar refractivity (Wildman–Crippen MR) is 68.3 cm³/mol. The number of ether oxygens (including phenoxy) is 2. The van der Waals surface area contributed by atoms with Crippen LogP contribution in [0.5, 0.6) is 0 Å². The molecule has 0 radical (unpaired) electrons. The number of rotatable bonds is 0. The van der Waals surface area contributed by atoms with Gasteiger partial charge in [0, 0.05) is 17.4 Å². The Morgan fingerprint density at radius 1 is 1.37 bits per heavy atom. The molecule has 7 atom stereocenters. The van der Waals surface area contributed by atoms with Crippen LogP contribution in [0.3, 0.4) is 0 Å². The minimum Gasteiger partial charge on any atom is -0.458 e. The molecule has 0 aromatic carbocycles. The lowest BCUT2D eigenvalue weighted by Crippen LogP contribution is -2.39. The summed E-state index contributed by atoms with van der Waals surface area (Å²) < 4.78 is 11.7. The maximum absolute atomic E-state index is 11.9. The fraction of sp³-hybridized carbons (Fsp3) is 0.812. The van der Waals surface area contributed by atoms with Crippen LogP contribution in [-0.4, -0.2) is 23.8 Å². The van der Waals surface area contributed by atoms with Gasteiger partial charge >= 0.3 is 5.97 Å². The summed E-state index contributed by atoms with van der Waals surface area (Å²) in [5.74, 6) is 0.464. The first-order valence-corrected chi connectivity index (χ1v) is 7.49. The van der Waals surface area contributed by atoms with Crippen LogP contribution in [0.15, 0.2) is 12.2 Å². The zero-order chi connectivity index (χ0) is 13.2. The number of hydrogen-bond donors (Lipinski definition) is 0. The minimum absolute atomic E-state index is 0.0295. The van der Waals surface area contributed by atoms with Crippen molar-refractivity contribution in [1.82, 2.24) is 0 Å². The second-order valence-corrected chi connectivity index (χ2v) is 7.91. The molecule has 0 N–H and O–H groups in total. The molecule has 3 heteroatoms. The monoisotopic (exact) mass is 260 g/mol. The summed E-state index contributed by atoms with van der Waals surface area (Å²) >= 11 is 0. The van der Waals surface area contributed by atoms with Crippen molar-refractivity contribution >= 4 is 5.97 Å². The van der Waals surface area contributed by atoms with Gasteiger partial charge in [-0.2, -0.15) is 0 Å². The number of carbonyl (C=O) groups excluding carboxylic acids is 1. The molecule has 3 aliphatic carbocycles. The highest BCUT2D eigenvalue weighted by atomic mass is 16.6. The van der Waals surface area contributed by atoms with E-state index in [-0.39, 0.29) is 23.6 Å². The number of hydrogen-bond acceptors (Lipinski definition) is 3. The van der Waals surface area contributed by atoms with Crippen molar-refractivity contribution in [3.05, 3.63) is 12.2 Å². The van der Waals surface area contributed by atoms with Gasteiger partial charge in [0.25, 0.3) is 0 Å². The average Bonchev–Trinajstić information content (AvgIpc) is 3.07. The predicted octanol–water partition coefficient (Wildman–Crippen LogP) is 2.45. The first kappa shape index (κ1) is 10.9. The Morgan fingerprint density at radius 2 is 2.16 bits per heavy atom. The molecule has 19 heavy (non-hydrogen) atoms. The van der Waals surface area contributed by atoms with E-state index in [1.165, 1.54) is 19.3 Å². The lowest BCUT2D eigenvalue weighted by atomic mass is 9.75. The molecule has 0 amide bonds. The molecule has 102 valence electrons. The van der Waals surface area contributed by atoms with Crippen LogP contribution in [-0.2, 0) is 14.3 Å². The van der Waals surface area contributed by atoms with E-state index >= 15 is 0 Å². The van der Waals surface area contributed by atoms with E-state index in [1.807, 2.05) is 0 Å². The molecule has 5 aliphatic rings. The number of epoxide rings is 1. The fourth-order valence-electron chi connectivity index (χ4n) is 5.97. The van der Waals surface area contributed by atoms with Crippen molar-refractivity contribution in [1.29, 1.82) is 0 Å². The summed E-state index contributed by atoms with van der Waals surface area (Å²) in [6.45, 7) is 8.64. The number of carbonyl (C=O) groups is 1. The maximum atomic E-state index is 11.9. The van der Waals surface area contributed by atoms with Crippen molar-refractivity contribution in [2.75, 3.05) is 0 Å². The van der Waals surface area contributed by atoms with E-state index in [4.69, 9.17) is 9.47 Å². The Hall–Kier alpha value is -0.830. The van der Waals surface area contributed by atoms with Gasteiger partial charge in [-0.3, -0.25) is 0 Å². The quantitative estimate of drug-likeness (QED) is 0.381. The topological polar surface area (TPSA) is 38.8 Å². The van der Waals surface area contributed by atoms with Gasteiger partial charge in [-0.15, -0.1) is 0 Å². The van der Waals surface area contributed by atoms with Gasteiger partial charge in [-0.1, -0.05) is 13.5 Å². The van der Waals surface area contributed by atoms with Gasteiger partial charge in [0.2, 0.25) is 0 Å². The Labute approximate surface area is 113 Å². The molecule has 2 aliphatic heterocycles. The smallest absolute Gasteiger partial charge is 0.334 e. The molecule has 0 bridgehead atoms. The average molecular weight is 260 g/mol. The van der Waals surface area contributed by atoms with Crippen molar-refractivity contribution in [3.63, 3.8) is 0 Å². The van der Waals surface area contributed by atoms with E-state index in [1.54, 1.807) is 0 Å². The van der Waals surface area contributed by atoms with Gasteiger partial charge in [-0.05, 0) is 43.4 Å². The normalized spacial score (nSPS) is 64.5. The zero-order valence-corrected chi connectivity index (χ0v) is 11.6. The van der Waals surface area contributed by atoms with Crippen LogP contribution in [0.4, 0.5) is 0 Å². The van der Waals surface area contributed by atoms with Gasteiger partial charge in [0.1, 0.15) is 6.10 Å². The van der Waals surface area contributed by atoms with E-state index in [9.17, 15) is 4.79 Å². The van der Waals surface area contributed by atoms with Crippen molar-refractivity contribution in [2.24, 2.45) is 22.7 Å². The molecule has 2 heterocycles. The molecule has 2 saturated heterocycles. The van der Waals surface area contributed by atoms with Crippen LogP contribution in [0, 0.1) is 22.7 Å². The van der Waals surface area contributed by atoms with Gasteiger partial charge in [-0.25, -0.2) is 4.79 Å². The lowest BCUT2D eigenvalue weighted by molar-refractivity contribution is -0.144. The second kappa shape index (κ2) is 2.65. The fourth-order valence-corrected chi connectivity index (χ4v) is 5.97. The molecule has 5 fully saturated rings. The third-order valence-corrected chi connectivity index (χ3v) is 7.21. The molecule has 3 nitrogen and oxygen atoms in total. The molecule has 0 aromatic rings. The third kappa shape index (κ3) is 0.960. The summed E-state index contributed by atoms with van der Waals surface area (Å²) in [4.78, 5) is 11.9. The largest absolute Gasteiger partial charge is 0.458 e. The highest BCUT2D eigenvalue weighted by Gasteiger charge is 2.85. The summed E-state index contributed by atoms with van der Waals surface area (Å²) in [6, 6.07) is 0. The first-order valence-electron chi connectivity index (χ1n) is 7.49. The van der Waals surface area contributed by atoms with E-state index in [0.717, 1.165) is 6.42 Å². The second-order valence-electron chi connectivity index (χ2n) is 7.91. The summed E-state index contributed by atoms with van der Waals surface area (Å²) in [5.41, 5.74) is 1.51. The SMILES string of the molecule is C=C1C(=O)O[C@H]2[C@H]1CC[C@@]1(C)C[C@]13C[C@H]1O[C@@]1(C)[C@H]23. The van der Waals surface area contributed by atoms with Gasteiger partial charge < -0.3 is 9.47 Å². The standard InChI is InChI=1S/C16H20O3/c1-8-9-4-5-14(2)7-16(14)6-10-15(3,19-10)12(16)11(9)18-13(8)17/h9-12H,1,4-7H2,2-3H3/t9-,10+,11-,12-,14-,15+,16-/m0/s1. The van der Waals surface area contributed by atoms with E-state index in [2.05, 4.69) is 20.4 Å². The van der Waals surface area contributed by atoms with Crippen LogP contribution in [0.1, 0.15) is 39.5 Å². The van der Waals surface area contributed by atoms with E-state index < -0.39 is 0 Å². The van der Waals surface area contributed by atoms with Crippen LogP contribution >= 0.6 is 0 Å². The molecule has 3 saturated carbocycles. The molecule has 0 aromatic heterocycles. The Bertz CT molecular complexity index is 540. The molecule has 5 rings (SSSR count). The summed E-state index contributed by atoms with van der Waals surface area (Å²) in [5, 5.41) is 0. The Morgan fingerprint density at radius 3 is 2.95 bits per heavy atom. The molecule has 0 unspecified atom stereocenters. The Balaban J connectivity index is 1.65. The lowest BCUT2D eigenvalue weighted by Gasteiger charge is -2.32. The molecular formula is C16H20O3. The van der Waals surface area contributed by atoms with Crippen molar-refractivity contribution < 1.29 is 14.3 Å². The van der Waals surface area contributed by atoms with Gasteiger partial charge in [0.05, 0.1) is 11.7 Å². The number of fused-ring (bicyclic) bond motifs is 4. The van der Waals surface area contributed by atoms with Gasteiger partial charge in [0.15, 0.2) is 0 Å². The van der Waals surface area contributed by atoms with Crippen LogP contribution < -0.4 is 0 Å². The van der Waals surface area contributed by atoms with Crippen LogP contribution in [0.25, 0.3) is 0 Å². The summed E-state index contributed by atoms with van der Waals surface area (Å²) in [6.07, 6.45) is 5.19.